The van der Waals surface area contributed by atoms with Crippen LogP contribution in [-0.2, 0) is 6.42 Å². The molecule has 5 heteroatoms. The van der Waals surface area contributed by atoms with Gasteiger partial charge in [-0.15, -0.1) is 11.3 Å². The Morgan fingerprint density at radius 2 is 1.90 bits per heavy atom. The zero-order valence-electron chi connectivity index (χ0n) is 11.1. The summed E-state index contributed by atoms with van der Waals surface area (Å²) in [4.78, 5) is 23.7. The van der Waals surface area contributed by atoms with Crippen LogP contribution in [-0.4, -0.2) is 23.0 Å². The molecule has 21 heavy (non-hydrogen) atoms. The predicted molar refractivity (Wildman–Crippen MR) is 78.9 cm³/mol. The number of fused-ring (bicyclic) bond motifs is 3. The van der Waals surface area contributed by atoms with Crippen LogP contribution in [0.1, 0.15) is 36.4 Å². The maximum atomic E-state index is 12.2. The Labute approximate surface area is 125 Å². The van der Waals surface area contributed by atoms with E-state index in [4.69, 9.17) is 5.11 Å². The van der Waals surface area contributed by atoms with Crippen LogP contribution in [0.5, 0.6) is 0 Å². The summed E-state index contributed by atoms with van der Waals surface area (Å²) >= 11 is 1.02. The third-order valence-electron chi connectivity index (χ3n) is 4.38. The summed E-state index contributed by atoms with van der Waals surface area (Å²) in [5.74, 6) is -0.213. The Morgan fingerprint density at radius 1 is 1.14 bits per heavy atom. The number of amides is 1. The van der Waals surface area contributed by atoms with Crippen molar-refractivity contribution in [1.82, 2.24) is 5.32 Å². The molecule has 4 rings (SSSR count). The lowest BCUT2D eigenvalue weighted by molar-refractivity contribution is 0.0702. The number of carbonyl (C=O) groups excluding carboxylic acids is 1. The molecule has 2 aromatic rings. The molecule has 1 aromatic heterocycles. The Hall–Kier alpha value is -2.14. The van der Waals surface area contributed by atoms with Crippen molar-refractivity contribution < 1.29 is 14.7 Å². The van der Waals surface area contributed by atoms with Crippen molar-refractivity contribution in [1.29, 1.82) is 0 Å². The topological polar surface area (TPSA) is 66.4 Å². The average molecular weight is 299 g/mol. The van der Waals surface area contributed by atoms with Gasteiger partial charge in [-0.2, -0.15) is 0 Å². The maximum absolute atomic E-state index is 12.2. The molecular formula is C16H13NO3S. The molecule has 106 valence electrons. The van der Waals surface area contributed by atoms with E-state index < -0.39 is 5.97 Å². The van der Waals surface area contributed by atoms with Gasteiger partial charge in [0.2, 0.25) is 0 Å². The largest absolute Gasteiger partial charge is 0.477 e. The van der Waals surface area contributed by atoms with E-state index >= 15 is 0 Å². The number of hydrogen-bond acceptors (Lipinski definition) is 3. The molecule has 0 spiro atoms. The van der Waals surface area contributed by atoms with E-state index in [-0.39, 0.29) is 16.8 Å². The summed E-state index contributed by atoms with van der Waals surface area (Å²) in [5.41, 5.74) is 2.74. The number of carboxylic acid groups (broad SMARTS) is 1. The van der Waals surface area contributed by atoms with E-state index in [9.17, 15) is 9.59 Å². The molecule has 2 aliphatic carbocycles. The van der Waals surface area contributed by atoms with Gasteiger partial charge in [-0.1, -0.05) is 24.3 Å². The fourth-order valence-corrected chi connectivity index (χ4v) is 4.09. The minimum atomic E-state index is -0.990. The summed E-state index contributed by atoms with van der Waals surface area (Å²) < 4.78 is 0. The van der Waals surface area contributed by atoms with Crippen molar-refractivity contribution in [2.24, 2.45) is 5.92 Å². The Bertz CT molecular complexity index is 751. The van der Waals surface area contributed by atoms with E-state index in [1.54, 1.807) is 6.07 Å². The monoisotopic (exact) mass is 299 g/mol. The molecule has 2 N–H and O–H groups in total. The summed E-state index contributed by atoms with van der Waals surface area (Å²) in [6, 6.07) is 11.6. The Balaban J connectivity index is 1.47. The molecule has 0 radical (unpaired) electrons. The number of aromatic carboxylic acids is 1. The Kier molecular flexibility index (Phi) is 2.65. The molecule has 1 aromatic carbocycles. The molecule has 1 fully saturated rings. The van der Waals surface area contributed by atoms with E-state index in [1.807, 2.05) is 6.07 Å². The summed E-state index contributed by atoms with van der Waals surface area (Å²) in [6.45, 7) is 0. The first kappa shape index (κ1) is 12.6. The first-order chi connectivity index (χ1) is 10.1. The van der Waals surface area contributed by atoms with E-state index in [1.165, 1.54) is 17.2 Å². The van der Waals surface area contributed by atoms with Crippen molar-refractivity contribution in [2.45, 2.75) is 18.4 Å². The van der Waals surface area contributed by atoms with Crippen molar-refractivity contribution in [3.05, 3.63) is 57.3 Å². The first-order valence-electron chi connectivity index (χ1n) is 6.87. The lowest BCUT2D eigenvalue weighted by Gasteiger charge is -2.08. The minimum absolute atomic E-state index is 0.163. The van der Waals surface area contributed by atoms with Crippen LogP contribution in [0.3, 0.4) is 0 Å². The summed E-state index contributed by atoms with van der Waals surface area (Å²) in [6.07, 6.45) is 1.02. The van der Waals surface area contributed by atoms with Gasteiger partial charge in [0, 0.05) is 12.0 Å². The molecule has 0 saturated heterocycles. The highest BCUT2D eigenvalue weighted by Crippen LogP contribution is 2.56. The fraction of sp³-hybridized carbons (Fsp3) is 0.250. The summed E-state index contributed by atoms with van der Waals surface area (Å²) in [5, 5.41) is 11.9. The minimum Gasteiger partial charge on any atom is -0.477 e. The average Bonchev–Trinajstić information content (AvgIpc) is 2.89. The van der Waals surface area contributed by atoms with E-state index in [2.05, 4.69) is 23.5 Å². The highest BCUT2D eigenvalue weighted by atomic mass is 32.1. The van der Waals surface area contributed by atoms with Gasteiger partial charge in [0.05, 0.1) is 4.88 Å². The highest BCUT2D eigenvalue weighted by Gasteiger charge is 2.56. The van der Waals surface area contributed by atoms with Crippen LogP contribution in [0.2, 0.25) is 0 Å². The molecule has 4 nitrogen and oxygen atoms in total. The number of hydrogen-bond donors (Lipinski definition) is 2. The number of thiophene rings is 1. The van der Waals surface area contributed by atoms with Crippen LogP contribution in [0.4, 0.5) is 0 Å². The van der Waals surface area contributed by atoms with Crippen molar-refractivity contribution in [3.8, 4) is 0 Å². The molecule has 1 saturated carbocycles. The zero-order chi connectivity index (χ0) is 14.6. The predicted octanol–water partition coefficient (Wildman–Crippen LogP) is 2.51. The molecule has 2 aliphatic rings. The molecule has 1 amide bonds. The van der Waals surface area contributed by atoms with E-state index in [0.29, 0.717) is 16.7 Å². The molecular weight excluding hydrogens is 286 g/mol. The zero-order valence-corrected chi connectivity index (χ0v) is 11.9. The molecule has 0 aliphatic heterocycles. The number of carbonyl (C=O) groups is 2. The van der Waals surface area contributed by atoms with Gasteiger partial charge < -0.3 is 10.4 Å². The quantitative estimate of drug-likeness (QED) is 0.915. The fourth-order valence-electron chi connectivity index (χ4n) is 3.35. The molecule has 1 heterocycles. The van der Waals surface area contributed by atoms with Crippen LogP contribution in [0.25, 0.3) is 0 Å². The standard InChI is InChI=1S/C16H13NO3S/c18-15(11-5-6-12(21-11)16(19)20)17-14-10-7-8-3-1-2-4-9(8)13(10)14/h1-6,10,13-14H,7H2,(H,17,18)(H,19,20)/t10-,13+,14-/m1/s1. The number of carboxylic acids is 1. The molecule has 3 atom stereocenters. The second-order valence-corrected chi connectivity index (χ2v) is 6.64. The number of rotatable bonds is 3. The first-order valence-corrected chi connectivity index (χ1v) is 7.68. The van der Waals surface area contributed by atoms with Gasteiger partial charge in [-0.25, -0.2) is 4.79 Å². The van der Waals surface area contributed by atoms with Gasteiger partial charge >= 0.3 is 5.97 Å². The second-order valence-electron chi connectivity index (χ2n) is 5.56. The summed E-state index contributed by atoms with van der Waals surface area (Å²) in [7, 11) is 0. The van der Waals surface area contributed by atoms with Gasteiger partial charge in [0.25, 0.3) is 5.91 Å². The third-order valence-corrected chi connectivity index (χ3v) is 5.45. The van der Waals surface area contributed by atoms with Crippen LogP contribution >= 0.6 is 11.3 Å². The van der Waals surface area contributed by atoms with Gasteiger partial charge in [0.15, 0.2) is 0 Å². The van der Waals surface area contributed by atoms with Crippen LogP contribution in [0, 0.1) is 5.92 Å². The molecule has 0 unspecified atom stereocenters. The van der Waals surface area contributed by atoms with Crippen molar-refractivity contribution in [2.75, 3.05) is 0 Å². The number of nitrogens with one attached hydrogen (secondary N) is 1. The second kappa shape index (κ2) is 4.43. The number of benzene rings is 1. The third kappa shape index (κ3) is 1.96. The van der Waals surface area contributed by atoms with Crippen molar-refractivity contribution in [3.63, 3.8) is 0 Å². The van der Waals surface area contributed by atoms with Crippen LogP contribution in [0.15, 0.2) is 36.4 Å². The smallest absolute Gasteiger partial charge is 0.345 e. The van der Waals surface area contributed by atoms with Gasteiger partial charge in [-0.3, -0.25) is 4.79 Å². The lowest BCUT2D eigenvalue weighted by Crippen LogP contribution is -2.28. The molecule has 0 bridgehead atoms. The lowest BCUT2D eigenvalue weighted by atomic mass is 10.1. The van der Waals surface area contributed by atoms with Crippen molar-refractivity contribution >= 4 is 23.2 Å². The SMILES string of the molecule is O=C(O)c1ccc(C(=O)N[C@@H]2[C@@H]3Cc4ccccc4[C@@H]32)s1. The highest BCUT2D eigenvalue weighted by molar-refractivity contribution is 7.15. The normalized spacial score (nSPS) is 25.0. The van der Waals surface area contributed by atoms with Gasteiger partial charge in [-0.05, 0) is 35.6 Å². The van der Waals surface area contributed by atoms with Gasteiger partial charge in [0.1, 0.15) is 4.88 Å². The van der Waals surface area contributed by atoms with Crippen LogP contribution < -0.4 is 5.32 Å². The maximum Gasteiger partial charge on any atom is 0.345 e. The van der Waals surface area contributed by atoms with E-state index in [0.717, 1.165) is 17.8 Å². The Morgan fingerprint density at radius 3 is 2.67 bits per heavy atom.